The van der Waals surface area contributed by atoms with Crippen molar-refractivity contribution in [2.24, 2.45) is 0 Å². The molecule has 96 valence electrons. The molecule has 0 spiro atoms. The predicted molar refractivity (Wildman–Crippen MR) is 66.3 cm³/mol. The number of ether oxygens (including phenoxy) is 1. The summed E-state index contributed by atoms with van der Waals surface area (Å²) in [6, 6.07) is 0. The summed E-state index contributed by atoms with van der Waals surface area (Å²) in [4.78, 5) is 16.5. The number of nitrogens with one attached hydrogen (secondary N) is 1. The van der Waals surface area contributed by atoms with Crippen LogP contribution in [0.25, 0.3) is 0 Å². The van der Waals surface area contributed by atoms with Gasteiger partial charge in [0.25, 0.3) is 5.91 Å². The molecule has 1 amide bonds. The van der Waals surface area contributed by atoms with Crippen LogP contribution in [-0.4, -0.2) is 42.4 Å². The van der Waals surface area contributed by atoms with Crippen LogP contribution in [0.15, 0.2) is 5.51 Å². The van der Waals surface area contributed by atoms with E-state index in [0.717, 1.165) is 12.1 Å². The number of aromatic nitrogens is 1. The summed E-state index contributed by atoms with van der Waals surface area (Å²) in [5.74, 6) is -0.117. The number of nitrogens with zero attached hydrogens (tertiary/aromatic N) is 1. The van der Waals surface area contributed by atoms with Gasteiger partial charge in [0.1, 0.15) is 4.88 Å². The normalized spacial score (nSPS) is 12.4. The number of aryl methyl sites for hydroxylation is 1. The van der Waals surface area contributed by atoms with Gasteiger partial charge in [-0.15, -0.1) is 11.3 Å². The Morgan fingerprint density at radius 1 is 1.71 bits per heavy atom. The molecular weight excluding hydrogens is 240 g/mol. The number of hydrogen-bond acceptors (Lipinski definition) is 5. The molecule has 0 radical (unpaired) electrons. The summed E-state index contributed by atoms with van der Waals surface area (Å²) in [7, 11) is 1.53. The van der Waals surface area contributed by atoms with Gasteiger partial charge in [0.15, 0.2) is 0 Å². The van der Waals surface area contributed by atoms with E-state index in [4.69, 9.17) is 4.74 Å². The van der Waals surface area contributed by atoms with E-state index in [1.807, 2.05) is 6.92 Å². The van der Waals surface area contributed by atoms with Crippen LogP contribution < -0.4 is 5.32 Å². The summed E-state index contributed by atoms with van der Waals surface area (Å²) < 4.78 is 4.80. The van der Waals surface area contributed by atoms with Crippen molar-refractivity contribution in [3.63, 3.8) is 0 Å². The summed E-state index contributed by atoms with van der Waals surface area (Å²) >= 11 is 1.34. The van der Waals surface area contributed by atoms with Crippen molar-refractivity contribution in [2.75, 3.05) is 20.3 Å². The van der Waals surface area contributed by atoms with Crippen molar-refractivity contribution in [1.29, 1.82) is 0 Å². The lowest BCUT2D eigenvalue weighted by molar-refractivity contribution is 0.0588. The molecule has 17 heavy (non-hydrogen) atoms. The van der Waals surface area contributed by atoms with Crippen LogP contribution in [0.1, 0.15) is 28.7 Å². The maximum Gasteiger partial charge on any atom is 0.263 e. The molecule has 0 aliphatic heterocycles. The highest BCUT2D eigenvalue weighted by molar-refractivity contribution is 7.11. The number of methoxy groups -OCH3 is 1. The maximum atomic E-state index is 11.8. The zero-order valence-corrected chi connectivity index (χ0v) is 10.9. The second-order valence-corrected chi connectivity index (χ2v) is 4.49. The van der Waals surface area contributed by atoms with Crippen molar-refractivity contribution >= 4 is 17.2 Å². The molecule has 5 nitrogen and oxygen atoms in total. The van der Waals surface area contributed by atoms with E-state index in [1.54, 1.807) is 5.51 Å². The molecule has 0 saturated carbocycles. The molecule has 0 fully saturated rings. The quantitative estimate of drug-likeness (QED) is 0.760. The SMILES string of the molecule is CCc1ncsc1C(=O)NCCC(O)COC. The molecule has 0 aliphatic carbocycles. The minimum absolute atomic E-state index is 0.117. The fraction of sp³-hybridized carbons (Fsp3) is 0.636. The Hall–Kier alpha value is -0.980. The molecule has 1 rings (SSSR count). The molecule has 0 aromatic carbocycles. The van der Waals surface area contributed by atoms with Crippen LogP contribution in [0, 0.1) is 0 Å². The largest absolute Gasteiger partial charge is 0.391 e. The van der Waals surface area contributed by atoms with Crippen molar-refractivity contribution in [2.45, 2.75) is 25.9 Å². The number of amides is 1. The third-order valence-electron chi connectivity index (χ3n) is 2.30. The Morgan fingerprint density at radius 3 is 3.12 bits per heavy atom. The first-order chi connectivity index (χ1) is 8.19. The van der Waals surface area contributed by atoms with E-state index >= 15 is 0 Å². The molecule has 1 atom stereocenters. The van der Waals surface area contributed by atoms with Gasteiger partial charge in [0.2, 0.25) is 0 Å². The Morgan fingerprint density at radius 2 is 2.47 bits per heavy atom. The van der Waals surface area contributed by atoms with Crippen molar-refractivity contribution in [1.82, 2.24) is 10.3 Å². The fourth-order valence-electron chi connectivity index (χ4n) is 1.41. The van der Waals surface area contributed by atoms with Gasteiger partial charge in [-0.3, -0.25) is 4.79 Å². The van der Waals surface area contributed by atoms with Gasteiger partial charge in [0.05, 0.1) is 23.9 Å². The second kappa shape index (κ2) is 7.37. The average Bonchev–Trinajstić information content (AvgIpc) is 2.77. The van der Waals surface area contributed by atoms with Crippen LogP contribution >= 0.6 is 11.3 Å². The lowest BCUT2D eigenvalue weighted by Crippen LogP contribution is -2.28. The standard InChI is InChI=1S/C11H18N2O3S/c1-3-9-10(17-7-13-9)11(15)12-5-4-8(14)6-16-2/h7-8,14H,3-6H2,1-2H3,(H,12,15). The van der Waals surface area contributed by atoms with E-state index in [9.17, 15) is 9.90 Å². The highest BCUT2D eigenvalue weighted by atomic mass is 32.1. The monoisotopic (exact) mass is 258 g/mol. The van der Waals surface area contributed by atoms with Crippen molar-refractivity contribution in [3.05, 3.63) is 16.1 Å². The van der Waals surface area contributed by atoms with Crippen LogP contribution in [-0.2, 0) is 11.2 Å². The van der Waals surface area contributed by atoms with Crippen LogP contribution in [0.4, 0.5) is 0 Å². The highest BCUT2D eigenvalue weighted by Crippen LogP contribution is 2.13. The Bertz CT molecular complexity index is 354. The van der Waals surface area contributed by atoms with Crippen LogP contribution in [0.3, 0.4) is 0 Å². The first kappa shape index (κ1) is 14.1. The third kappa shape index (κ3) is 4.41. The topological polar surface area (TPSA) is 71.5 Å². The van der Waals surface area contributed by atoms with Crippen LogP contribution in [0.2, 0.25) is 0 Å². The number of rotatable bonds is 7. The average molecular weight is 258 g/mol. The van der Waals surface area contributed by atoms with Gasteiger partial charge in [-0.05, 0) is 12.8 Å². The van der Waals surface area contributed by atoms with E-state index in [-0.39, 0.29) is 12.5 Å². The van der Waals surface area contributed by atoms with Gasteiger partial charge < -0.3 is 15.2 Å². The zero-order valence-electron chi connectivity index (χ0n) is 10.1. The van der Waals surface area contributed by atoms with E-state index in [2.05, 4.69) is 10.3 Å². The molecular formula is C11H18N2O3S. The maximum absolute atomic E-state index is 11.8. The number of aliphatic hydroxyl groups excluding tert-OH is 1. The third-order valence-corrected chi connectivity index (χ3v) is 3.17. The lowest BCUT2D eigenvalue weighted by Gasteiger charge is -2.09. The molecule has 0 saturated heterocycles. The van der Waals surface area contributed by atoms with Gasteiger partial charge in [-0.2, -0.15) is 0 Å². The number of hydrogen-bond donors (Lipinski definition) is 2. The molecule has 1 heterocycles. The van der Waals surface area contributed by atoms with E-state index in [1.165, 1.54) is 18.4 Å². The first-order valence-corrected chi connectivity index (χ1v) is 6.44. The van der Waals surface area contributed by atoms with Crippen LogP contribution in [0.5, 0.6) is 0 Å². The van der Waals surface area contributed by atoms with E-state index in [0.29, 0.717) is 17.8 Å². The Labute approximate surface area is 105 Å². The van der Waals surface area contributed by atoms with Gasteiger partial charge in [-0.1, -0.05) is 6.92 Å². The summed E-state index contributed by atoms with van der Waals surface area (Å²) in [6.45, 7) is 2.69. The summed E-state index contributed by atoms with van der Waals surface area (Å²) in [5.41, 5.74) is 2.50. The molecule has 6 heteroatoms. The predicted octanol–water partition coefficient (Wildman–Crippen LogP) is 0.833. The lowest BCUT2D eigenvalue weighted by atomic mass is 10.2. The van der Waals surface area contributed by atoms with Gasteiger partial charge in [-0.25, -0.2) is 4.98 Å². The van der Waals surface area contributed by atoms with Crippen molar-refractivity contribution < 1.29 is 14.6 Å². The molecule has 1 unspecified atom stereocenters. The number of aliphatic hydroxyl groups is 1. The second-order valence-electron chi connectivity index (χ2n) is 3.64. The molecule has 1 aromatic heterocycles. The van der Waals surface area contributed by atoms with Gasteiger partial charge in [0, 0.05) is 13.7 Å². The minimum Gasteiger partial charge on any atom is -0.391 e. The first-order valence-electron chi connectivity index (χ1n) is 5.56. The number of thiazole rings is 1. The molecule has 2 N–H and O–H groups in total. The Balaban J connectivity index is 2.35. The number of carbonyl (C=O) groups is 1. The Kier molecular flexibility index (Phi) is 6.10. The summed E-state index contributed by atoms with van der Waals surface area (Å²) in [6.07, 6.45) is 0.700. The van der Waals surface area contributed by atoms with E-state index < -0.39 is 6.10 Å². The number of carbonyl (C=O) groups excluding carboxylic acids is 1. The fourth-order valence-corrected chi connectivity index (χ4v) is 2.21. The highest BCUT2D eigenvalue weighted by Gasteiger charge is 2.13. The summed E-state index contributed by atoms with van der Waals surface area (Å²) in [5, 5.41) is 12.2. The minimum atomic E-state index is -0.535. The molecule has 0 bridgehead atoms. The smallest absolute Gasteiger partial charge is 0.263 e. The molecule has 0 aliphatic rings. The molecule has 1 aromatic rings. The zero-order chi connectivity index (χ0) is 12.7. The van der Waals surface area contributed by atoms with Gasteiger partial charge >= 0.3 is 0 Å². The van der Waals surface area contributed by atoms with Crippen molar-refractivity contribution in [3.8, 4) is 0 Å².